The summed E-state index contributed by atoms with van der Waals surface area (Å²) in [5.74, 6) is 0. The Bertz CT molecular complexity index is 296. The second-order valence-electron chi connectivity index (χ2n) is 3.62. The quantitative estimate of drug-likeness (QED) is 0.736. The molecule has 2 rings (SSSR count). The molecule has 1 aliphatic carbocycles. The third-order valence-corrected chi connectivity index (χ3v) is 4.45. The maximum absolute atomic E-state index is 3.52. The van der Waals surface area contributed by atoms with Gasteiger partial charge in [-0.05, 0) is 34.8 Å². The average molecular weight is 339 g/mol. The number of rotatable bonds is 5. The molecule has 1 saturated carbocycles. The molecule has 1 aromatic rings. The first kappa shape index (κ1) is 11.1. The number of thiophene rings is 1. The predicted molar refractivity (Wildman–Crippen MR) is 69.2 cm³/mol. The van der Waals surface area contributed by atoms with E-state index in [-0.39, 0.29) is 0 Å². The molecular weight excluding hydrogens is 326 g/mol. The normalized spacial score (nSPS) is 16.5. The van der Waals surface area contributed by atoms with Crippen LogP contribution in [0.2, 0.25) is 0 Å². The molecule has 0 spiro atoms. The van der Waals surface area contributed by atoms with Gasteiger partial charge in [0.05, 0.1) is 0 Å². The fraction of sp³-hybridized carbons (Fsp3) is 0.600. The minimum absolute atomic E-state index is 0.855. The van der Waals surface area contributed by atoms with Crippen LogP contribution in [0.3, 0.4) is 0 Å². The lowest BCUT2D eigenvalue weighted by atomic mass is 10.4. The van der Waals surface area contributed by atoms with Gasteiger partial charge in [-0.25, -0.2) is 0 Å². The van der Waals surface area contributed by atoms with Crippen molar-refractivity contribution in [1.29, 1.82) is 0 Å². The van der Waals surface area contributed by atoms with Crippen molar-refractivity contribution in [3.63, 3.8) is 0 Å². The molecule has 1 fully saturated rings. The van der Waals surface area contributed by atoms with E-state index in [1.54, 1.807) is 0 Å². The Hall–Kier alpha value is 0.620. The summed E-state index contributed by atoms with van der Waals surface area (Å²) < 4.78 is 1.21. The zero-order chi connectivity index (χ0) is 9.97. The van der Waals surface area contributed by atoms with Crippen molar-refractivity contribution in [3.8, 4) is 0 Å². The fourth-order valence-electron chi connectivity index (χ4n) is 1.58. The standard InChI is InChI=1S/C10H13Br2NS/c11-3-4-13(9-1-2-9)6-10-5-8(12)7-14-10/h5,7,9H,1-4,6H2. The number of hydrogen-bond acceptors (Lipinski definition) is 2. The van der Waals surface area contributed by atoms with Crippen molar-refractivity contribution in [3.05, 3.63) is 20.8 Å². The molecule has 1 aliphatic rings. The highest BCUT2D eigenvalue weighted by atomic mass is 79.9. The Morgan fingerprint density at radius 1 is 1.50 bits per heavy atom. The van der Waals surface area contributed by atoms with Crippen LogP contribution >= 0.6 is 43.2 Å². The molecule has 0 bridgehead atoms. The third-order valence-electron chi connectivity index (χ3n) is 2.42. The van der Waals surface area contributed by atoms with Crippen LogP contribution in [0.25, 0.3) is 0 Å². The van der Waals surface area contributed by atoms with Gasteiger partial charge in [-0.1, -0.05) is 15.9 Å². The second-order valence-corrected chi connectivity index (χ2v) is 6.33. The summed E-state index contributed by atoms with van der Waals surface area (Å²) in [6.45, 7) is 2.28. The van der Waals surface area contributed by atoms with E-state index in [1.165, 1.54) is 28.7 Å². The molecule has 4 heteroatoms. The lowest BCUT2D eigenvalue weighted by Gasteiger charge is -2.19. The van der Waals surface area contributed by atoms with Crippen molar-refractivity contribution < 1.29 is 0 Å². The second kappa shape index (κ2) is 5.10. The van der Waals surface area contributed by atoms with Crippen LogP contribution in [0.5, 0.6) is 0 Å². The van der Waals surface area contributed by atoms with E-state index in [4.69, 9.17) is 0 Å². The number of halogens is 2. The van der Waals surface area contributed by atoms with E-state index >= 15 is 0 Å². The van der Waals surface area contributed by atoms with Gasteiger partial charge in [0, 0.05) is 39.2 Å². The van der Waals surface area contributed by atoms with Crippen LogP contribution in [0.15, 0.2) is 15.9 Å². The van der Waals surface area contributed by atoms with Crippen LogP contribution in [-0.2, 0) is 6.54 Å². The molecule has 1 nitrogen and oxygen atoms in total. The smallest absolute Gasteiger partial charge is 0.0331 e. The Balaban J connectivity index is 1.92. The summed E-state index contributed by atoms with van der Waals surface area (Å²) in [4.78, 5) is 4.04. The van der Waals surface area contributed by atoms with Gasteiger partial charge in [0.1, 0.15) is 0 Å². The highest BCUT2D eigenvalue weighted by molar-refractivity contribution is 9.10. The van der Waals surface area contributed by atoms with Crippen molar-refractivity contribution in [2.75, 3.05) is 11.9 Å². The van der Waals surface area contributed by atoms with Crippen molar-refractivity contribution in [1.82, 2.24) is 4.90 Å². The minimum atomic E-state index is 0.855. The summed E-state index contributed by atoms with van der Waals surface area (Å²) >= 11 is 8.86. The van der Waals surface area contributed by atoms with Gasteiger partial charge in [-0.15, -0.1) is 11.3 Å². The van der Waals surface area contributed by atoms with Gasteiger partial charge < -0.3 is 0 Å². The molecule has 0 amide bonds. The summed E-state index contributed by atoms with van der Waals surface area (Å²) in [6.07, 6.45) is 2.78. The lowest BCUT2D eigenvalue weighted by molar-refractivity contribution is 0.275. The molecule has 1 aromatic heterocycles. The van der Waals surface area contributed by atoms with Gasteiger partial charge in [0.2, 0.25) is 0 Å². The van der Waals surface area contributed by atoms with E-state index in [1.807, 2.05) is 11.3 Å². The molecule has 0 aromatic carbocycles. The predicted octanol–water partition coefficient (Wildman–Crippen LogP) is 3.87. The SMILES string of the molecule is BrCCN(Cc1cc(Br)cs1)C1CC1. The fourth-order valence-corrected chi connectivity index (χ4v) is 3.51. The first-order chi connectivity index (χ1) is 6.79. The first-order valence-corrected chi connectivity index (χ1v) is 7.62. The molecule has 0 unspecified atom stereocenters. The summed E-state index contributed by atoms with van der Waals surface area (Å²) in [6, 6.07) is 3.09. The van der Waals surface area contributed by atoms with Crippen LogP contribution in [0.4, 0.5) is 0 Å². The van der Waals surface area contributed by atoms with Crippen LogP contribution in [-0.4, -0.2) is 22.8 Å². The highest BCUT2D eigenvalue weighted by Gasteiger charge is 2.28. The van der Waals surface area contributed by atoms with Gasteiger partial charge in [-0.2, -0.15) is 0 Å². The summed E-state index contributed by atoms with van der Waals surface area (Å²) in [5.41, 5.74) is 0. The Morgan fingerprint density at radius 3 is 2.79 bits per heavy atom. The zero-order valence-electron chi connectivity index (χ0n) is 7.88. The van der Waals surface area contributed by atoms with E-state index in [0.29, 0.717) is 0 Å². The van der Waals surface area contributed by atoms with Crippen LogP contribution < -0.4 is 0 Å². The molecule has 0 atom stereocenters. The van der Waals surface area contributed by atoms with Crippen LogP contribution in [0.1, 0.15) is 17.7 Å². The zero-order valence-corrected chi connectivity index (χ0v) is 11.9. The molecular formula is C10H13Br2NS. The van der Waals surface area contributed by atoms with Gasteiger partial charge >= 0.3 is 0 Å². The van der Waals surface area contributed by atoms with E-state index in [2.05, 4.69) is 48.2 Å². The molecule has 78 valence electrons. The van der Waals surface area contributed by atoms with Gasteiger partial charge in [-0.3, -0.25) is 4.90 Å². The molecule has 0 radical (unpaired) electrons. The monoisotopic (exact) mass is 337 g/mol. The largest absolute Gasteiger partial charge is 0.294 e. The van der Waals surface area contributed by atoms with Gasteiger partial charge in [0.25, 0.3) is 0 Å². The van der Waals surface area contributed by atoms with Crippen molar-refractivity contribution in [2.45, 2.75) is 25.4 Å². The Morgan fingerprint density at radius 2 is 2.29 bits per heavy atom. The molecule has 1 heterocycles. The Labute approximate surface area is 106 Å². The summed E-state index contributed by atoms with van der Waals surface area (Å²) in [5, 5.41) is 3.24. The van der Waals surface area contributed by atoms with E-state index in [0.717, 1.165) is 17.9 Å². The molecule has 0 N–H and O–H groups in total. The maximum Gasteiger partial charge on any atom is 0.0331 e. The number of hydrogen-bond donors (Lipinski definition) is 0. The van der Waals surface area contributed by atoms with E-state index in [9.17, 15) is 0 Å². The molecule has 14 heavy (non-hydrogen) atoms. The Kier molecular flexibility index (Phi) is 4.05. The lowest BCUT2D eigenvalue weighted by Crippen LogP contribution is -2.27. The number of nitrogens with zero attached hydrogens (tertiary/aromatic N) is 1. The number of alkyl halides is 1. The van der Waals surface area contributed by atoms with Crippen molar-refractivity contribution >= 4 is 43.2 Å². The average Bonchev–Trinajstić information content (AvgIpc) is 2.91. The van der Waals surface area contributed by atoms with Crippen LogP contribution in [0, 0.1) is 0 Å². The highest BCUT2D eigenvalue weighted by Crippen LogP contribution is 2.30. The third kappa shape index (κ3) is 3.05. The summed E-state index contributed by atoms with van der Waals surface area (Å²) in [7, 11) is 0. The van der Waals surface area contributed by atoms with E-state index < -0.39 is 0 Å². The topological polar surface area (TPSA) is 3.24 Å². The van der Waals surface area contributed by atoms with Crippen molar-refractivity contribution in [2.24, 2.45) is 0 Å². The minimum Gasteiger partial charge on any atom is -0.294 e. The molecule has 0 saturated heterocycles. The first-order valence-electron chi connectivity index (χ1n) is 4.82. The van der Waals surface area contributed by atoms with Gasteiger partial charge in [0.15, 0.2) is 0 Å². The molecule has 0 aliphatic heterocycles. The maximum atomic E-state index is 3.52.